The lowest BCUT2D eigenvalue weighted by molar-refractivity contribution is -0.120. The van der Waals surface area contributed by atoms with Crippen molar-refractivity contribution in [3.8, 4) is 17.2 Å². The van der Waals surface area contributed by atoms with Crippen LogP contribution in [0.2, 0.25) is 0 Å². The van der Waals surface area contributed by atoms with E-state index < -0.39 is 28.5 Å². The van der Waals surface area contributed by atoms with E-state index in [1.165, 1.54) is 32.4 Å². The molecule has 3 rings (SSSR count). The molecule has 0 radical (unpaired) electrons. The Bertz CT molecular complexity index is 1320. The predicted octanol–water partition coefficient (Wildman–Crippen LogP) is 4.40. The topological polar surface area (TPSA) is 94.2 Å². The summed E-state index contributed by atoms with van der Waals surface area (Å²) < 4.78 is 44.7. The first kappa shape index (κ1) is 26.9. The molecule has 36 heavy (non-hydrogen) atoms. The minimum atomic E-state index is -4.14. The quantitative estimate of drug-likeness (QED) is 0.433. The Labute approximate surface area is 212 Å². The Balaban J connectivity index is 1.99. The molecule has 1 atom stereocenters. The molecule has 192 valence electrons. The highest BCUT2D eigenvalue weighted by molar-refractivity contribution is 7.92. The van der Waals surface area contributed by atoms with E-state index in [-0.39, 0.29) is 10.6 Å². The second-order valence-corrected chi connectivity index (χ2v) is 10.3. The molecule has 1 unspecified atom stereocenters. The van der Waals surface area contributed by atoms with Gasteiger partial charge in [0.05, 0.1) is 38.0 Å². The van der Waals surface area contributed by atoms with Crippen molar-refractivity contribution in [3.63, 3.8) is 0 Å². The predicted molar refractivity (Wildman–Crippen MR) is 140 cm³/mol. The number of ether oxygens (including phenoxy) is 3. The van der Waals surface area contributed by atoms with Gasteiger partial charge >= 0.3 is 0 Å². The third-order valence-electron chi connectivity index (χ3n) is 5.71. The molecule has 9 heteroatoms. The highest BCUT2D eigenvalue weighted by Gasteiger charge is 2.29. The van der Waals surface area contributed by atoms with Gasteiger partial charge in [-0.1, -0.05) is 24.3 Å². The van der Waals surface area contributed by atoms with Gasteiger partial charge < -0.3 is 19.5 Å². The Morgan fingerprint density at radius 1 is 0.861 bits per heavy atom. The van der Waals surface area contributed by atoms with Gasteiger partial charge in [-0.3, -0.25) is 9.10 Å². The summed E-state index contributed by atoms with van der Waals surface area (Å²) >= 11 is 0. The summed E-state index contributed by atoms with van der Waals surface area (Å²) in [4.78, 5) is 13.2. The number of hydrogen-bond donors (Lipinski definition) is 1. The van der Waals surface area contributed by atoms with Gasteiger partial charge in [0.15, 0.2) is 11.5 Å². The Morgan fingerprint density at radius 3 is 2.08 bits per heavy atom. The molecule has 3 aromatic carbocycles. The number of aryl methyl sites for hydroxylation is 2. The fraction of sp³-hybridized carbons (Fsp3) is 0.296. The molecule has 0 aliphatic carbocycles. The number of nitrogens with zero attached hydrogens (tertiary/aromatic N) is 1. The average molecular weight is 513 g/mol. The lowest BCUT2D eigenvalue weighted by atomic mass is 10.1. The third-order valence-corrected chi connectivity index (χ3v) is 7.48. The molecule has 0 aromatic heterocycles. The van der Waals surface area contributed by atoms with Crippen LogP contribution in [0.15, 0.2) is 65.6 Å². The summed E-state index contributed by atoms with van der Waals surface area (Å²) in [6.07, 6.45) is 0. The summed E-state index contributed by atoms with van der Waals surface area (Å²) in [7, 11) is 0.326. The molecule has 0 aliphatic rings. The Kier molecular flexibility index (Phi) is 8.47. The second kappa shape index (κ2) is 11.3. The van der Waals surface area contributed by atoms with Crippen LogP contribution in [-0.4, -0.2) is 42.2 Å². The summed E-state index contributed by atoms with van der Waals surface area (Å²) in [5.74, 6) is 0.844. The first-order chi connectivity index (χ1) is 17.1. The zero-order valence-electron chi connectivity index (χ0n) is 21.4. The van der Waals surface area contributed by atoms with Crippen LogP contribution in [0.4, 0.5) is 5.69 Å². The fourth-order valence-electron chi connectivity index (χ4n) is 4.03. The lowest BCUT2D eigenvalue weighted by Crippen LogP contribution is -2.41. The maximum Gasteiger partial charge on any atom is 0.264 e. The smallest absolute Gasteiger partial charge is 0.264 e. The van der Waals surface area contributed by atoms with Crippen LogP contribution in [-0.2, 0) is 14.8 Å². The summed E-state index contributed by atoms with van der Waals surface area (Å²) in [6, 6.07) is 16.7. The van der Waals surface area contributed by atoms with E-state index in [9.17, 15) is 13.2 Å². The number of sulfonamides is 1. The first-order valence-corrected chi connectivity index (χ1v) is 12.8. The SMILES string of the molecule is COc1ccc(S(=O)(=O)N(CC(=O)NC(C)c2ccccc2OC)c2cc(C)cc(C)c2)cc1OC. The monoisotopic (exact) mass is 512 g/mol. The van der Waals surface area contributed by atoms with Gasteiger partial charge in [-0.05, 0) is 62.2 Å². The number of para-hydroxylation sites is 1. The van der Waals surface area contributed by atoms with E-state index in [0.29, 0.717) is 17.2 Å². The average Bonchev–Trinajstić information content (AvgIpc) is 2.85. The van der Waals surface area contributed by atoms with E-state index in [2.05, 4.69) is 5.32 Å². The van der Waals surface area contributed by atoms with Crippen molar-refractivity contribution in [3.05, 3.63) is 77.4 Å². The molecule has 1 amide bonds. The van der Waals surface area contributed by atoms with Crippen LogP contribution < -0.4 is 23.8 Å². The number of rotatable bonds is 10. The number of methoxy groups -OCH3 is 3. The molecule has 0 bridgehead atoms. The van der Waals surface area contributed by atoms with Crippen molar-refractivity contribution >= 4 is 21.6 Å². The highest BCUT2D eigenvalue weighted by atomic mass is 32.2. The molecule has 0 spiro atoms. The maximum atomic E-state index is 13.8. The van der Waals surface area contributed by atoms with Crippen LogP contribution in [0, 0.1) is 13.8 Å². The van der Waals surface area contributed by atoms with E-state index in [1.807, 2.05) is 45.0 Å². The van der Waals surface area contributed by atoms with Crippen LogP contribution >= 0.6 is 0 Å². The molecule has 1 N–H and O–H groups in total. The van der Waals surface area contributed by atoms with Crippen molar-refractivity contribution in [1.82, 2.24) is 5.32 Å². The van der Waals surface area contributed by atoms with Crippen molar-refractivity contribution < 1.29 is 27.4 Å². The fourth-order valence-corrected chi connectivity index (χ4v) is 5.45. The number of benzene rings is 3. The van der Waals surface area contributed by atoms with Gasteiger partial charge in [-0.15, -0.1) is 0 Å². The third kappa shape index (κ3) is 5.91. The Hall–Kier alpha value is -3.72. The van der Waals surface area contributed by atoms with Crippen LogP contribution in [0.5, 0.6) is 17.2 Å². The van der Waals surface area contributed by atoms with Crippen LogP contribution in [0.25, 0.3) is 0 Å². The van der Waals surface area contributed by atoms with Gasteiger partial charge in [0.1, 0.15) is 12.3 Å². The van der Waals surface area contributed by atoms with E-state index in [0.717, 1.165) is 21.0 Å². The second-order valence-electron chi connectivity index (χ2n) is 8.41. The first-order valence-electron chi connectivity index (χ1n) is 11.4. The molecular weight excluding hydrogens is 480 g/mol. The van der Waals surface area contributed by atoms with Crippen LogP contribution in [0.3, 0.4) is 0 Å². The van der Waals surface area contributed by atoms with Crippen molar-refractivity contribution in [2.75, 3.05) is 32.2 Å². The molecule has 8 nitrogen and oxygen atoms in total. The highest BCUT2D eigenvalue weighted by Crippen LogP contribution is 2.33. The zero-order chi connectivity index (χ0) is 26.5. The minimum Gasteiger partial charge on any atom is -0.496 e. The lowest BCUT2D eigenvalue weighted by Gasteiger charge is -2.26. The summed E-state index contributed by atoms with van der Waals surface area (Å²) in [6.45, 7) is 5.15. The summed E-state index contributed by atoms with van der Waals surface area (Å²) in [5.41, 5.74) is 2.93. The zero-order valence-corrected chi connectivity index (χ0v) is 22.2. The standard InChI is InChI=1S/C27H32N2O6S/c1-18-13-19(2)15-21(14-18)29(36(31,32)22-11-12-25(34-5)26(16-22)35-6)17-27(30)28-20(3)23-9-7-8-10-24(23)33-4/h7-16,20H,17H2,1-6H3,(H,28,30). The normalized spacial score (nSPS) is 11.9. The number of carbonyl (C=O) groups excluding carboxylic acids is 1. The molecule has 0 saturated heterocycles. The van der Waals surface area contributed by atoms with Gasteiger partial charge in [-0.25, -0.2) is 8.42 Å². The van der Waals surface area contributed by atoms with Gasteiger partial charge in [0, 0.05) is 11.6 Å². The number of anilines is 1. The van der Waals surface area contributed by atoms with Gasteiger partial charge in [0.25, 0.3) is 10.0 Å². The molecule has 0 aliphatic heterocycles. The number of amides is 1. The number of nitrogens with one attached hydrogen (secondary N) is 1. The van der Waals surface area contributed by atoms with Crippen molar-refractivity contribution in [2.45, 2.75) is 31.7 Å². The molecule has 0 saturated carbocycles. The molecule has 3 aromatic rings. The largest absolute Gasteiger partial charge is 0.496 e. The summed E-state index contributed by atoms with van der Waals surface area (Å²) in [5, 5.41) is 2.89. The Morgan fingerprint density at radius 2 is 1.47 bits per heavy atom. The molecule has 0 heterocycles. The van der Waals surface area contributed by atoms with Crippen molar-refractivity contribution in [2.24, 2.45) is 0 Å². The van der Waals surface area contributed by atoms with Crippen molar-refractivity contribution in [1.29, 1.82) is 0 Å². The molecule has 0 fully saturated rings. The number of hydrogen-bond acceptors (Lipinski definition) is 6. The molecular formula is C27H32N2O6S. The van der Waals surface area contributed by atoms with Gasteiger partial charge in [0.2, 0.25) is 5.91 Å². The number of carbonyl (C=O) groups is 1. The van der Waals surface area contributed by atoms with E-state index >= 15 is 0 Å². The minimum absolute atomic E-state index is 0.0233. The maximum absolute atomic E-state index is 13.8. The van der Waals surface area contributed by atoms with Crippen LogP contribution in [0.1, 0.15) is 29.7 Å². The van der Waals surface area contributed by atoms with Gasteiger partial charge in [-0.2, -0.15) is 0 Å². The van der Waals surface area contributed by atoms with E-state index in [4.69, 9.17) is 14.2 Å². The van der Waals surface area contributed by atoms with E-state index in [1.54, 1.807) is 25.3 Å².